The van der Waals surface area contributed by atoms with E-state index in [-0.39, 0.29) is 0 Å². The summed E-state index contributed by atoms with van der Waals surface area (Å²) < 4.78 is 0. The van der Waals surface area contributed by atoms with Crippen LogP contribution in [0.2, 0.25) is 0 Å². The maximum absolute atomic E-state index is 7.17. The Hall–Kier alpha value is -2.75. The molecule has 0 radical (unpaired) electrons. The van der Waals surface area contributed by atoms with E-state index in [0.29, 0.717) is 0 Å². The summed E-state index contributed by atoms with van der Waals surface area (Å²) in [7, 11) is -4.47. The molecule has 29 heavy (non-hydrogen) atoms. The van der Waals surface area contributed by atoms with Gasteiger partial charge in [0.2, 0.25) is 0 Å². The maximum atomic E-state index is 7.17. The molecule has 0 aliphatic carbocycles. The van der Waals surface area contributed by atoms with E-state index in [1.165, 1.54) is 21.2 Å². The first kappa shape index (κ1) is 21.0. The van der Waals surface area contributed by atoms with E-state index in [2.05, 4.69) is 121 Å². The Bertz CT molecular complexity index is 815. The Kier molecular flexibility index (Phi) is 7.34. The topological polar surface area (TPSA) is 60.7 Å². The van der Waals surface area contributed by atoms with Gasteiger partial charge in [0.1, 0.15) is 0 Å². The second-order valence-electron chi connectivity index (χ2n) is 6.56. The van der Waals surface area contributed by atoms with Gasteiger partial charge in [-0.15, -0.1) is 0 Å². The SMILES string of the molecule is OB(O)O.c1ccc([PH](c2ccccc2)(c2ccccc2)c2ccccc2)cc1. The van der Waals surface area contributed by atoms with Gasteiger partial charge in [-0.1, -0.05) is 0 Å². The Balaban J connectivity index is 0.000000552. The van der Waals surface area contributed by atoms with Gasteiger partial charge in [0.05, 0.1) is 0 Å². The van der Waals surface area contributed by atoms with Crippen molar-refractivity contribution in [3.63, 3.8) is 0 Å². The zero-order chi connectivity index (χ0) is 20.5. The average Bonchev–Trinajstić information content (AvgIpc) is 2.77. The molecule has 0 aliphatic rings. The minimum absolute atomic E-state index is 1.42. The van der Waals surface area contributed by atoms with Gasteiger partial charge in [0, 0.05) is 0 Å². The van der Waals surface area contributed by atoms with E-state index >= 15 is 0 Å². The van der Waals surface area contributed by atoms with Gasteiger partial charge in [-0.3, -0.25) is 0 Å². The van der Waals surface area contributed by atoms with Crippen molar-refractivity contribution in [3.05, 3.63) is 121 Å². The molecule has 0 saturated carbocycles. The van der Waals surface area contributed by atoms with Gasteiger partial charge in [-0.05, 0) is 0 Å². The molecule has 146 valence electrons. The Morgan fingerprint density at radius 2 is 0.552 bits per heavy atom. The van der Waals surface area contributed by atoms with E-state index in [9.17, 15) is 0 Å². The van der Waals surface area contributed by atoms with Crippen LogP contribution in [0.5, 0.6) is 0 Å². The monoisotopic (exact) mass is 402 g/mol. The van der Waals surface area contributed by atoms with E-state index < -0.39 is 14.6 Å². The minimum atomic E-state index is -2.30. The Morgan fingerprint density at radius 3 is 0.724 bits per heavy atom. The molecule has 0 saturated heterocycles. The Morgan fingerprint density at radius 1 is 0.379 bits per heavy atom. The molecule has 0 heterocycles. The van der Waals surface area contributed by atoms with Crippen LogP contribution in [0.1, 0.15) is 0 Å². The van der Waals surface area contributed by atoms with Crippen molar-refractivity contribution in [2.45, 2.75) is 0 Å². The van der Waals surface area contributed by atoms with E-state index in [4.69, 9.17) is 15.1 Å². The fourth-order valence-electron chi connectivity index (χ4n) is 3.75. The molecule has 0 bridgehead atoms. The van der Waals surface area contributed by atoms with Crippen LogP contribution in [0.15, 0.2) is 121 Å². The second kappa shape index (κ2) is 10.2. The molecule has 0 unspecified atom stereocenters. The molecule has 5 heteroatoms. The summed E-state index contributed by atoms with van der Waals surface area (Å²) in [5.41, 5.74) is 0. The molecule has 3 N–H and O–H groups in total. The van der Waals surface area contributed by atoms with Crippen LogP contribution >= 0.6 is 7.26 Å². The van der Waals surface area contributed by atoms with Crippen LogP contribution in [0.25, 0.3) is 0 Å². The van der Waals surface area contributed by atoms with E-state index in [1.807, 2.05) is 0 Å². The van der Waals surface area contributed by atoms with Gasteiger partial charge in [0.25, 0.3) is 0 Å². The van der Waals surface area contributed by atoms with Crippen LogP contribution in [-0.2, 0) is 0 Å². The normalized spacial score (nSPS) is 11.1. The molecular formula is C24H24BO3P. The van der Waals surface area contributed by atoms with Gasteiger partial charge in [0.15, 0.2) is 0 Å². The second-order valence-corrected chi connectivity index (χ2v) is 10.4. The molecule has 4 aromatic carbocycles. The molecule has 0 fully saturated rings. The molecule has 0 amide bonds. The number of rotatable bonds is 4. The molecule has 0 spiro atoms. The van der Waals surface area contributed by atoms with Gasteiger partial charge < -0.3 is 15.1 Å². The standard InChI is InChI=1S/C24H21P.BH3O3/c1-5-13-21(14-6-1)25(22-15-7-2-8-16-22,23-17-9-3-10-18-23)24-19-11-4-12-20-24;2-1(3)4/h1-20,25H;2-4H. The third-order valence-electron chi connectivity index (χ3n) is 4.83. The van der Waals surface area contributed by atoms with Crippen molar-refractivity contribution in [3.8, 4) is 0 Å². The molecular weight excluding hydrogens is 378 g/mol. The molecule has 4 aromatic rings. The van der Waals surface area contributed by atoms with Gasteiger partial charge in [-0.2, -0.15) is 0 Å². The van der Waals surface area contributed by atoms with Crippen LogP contribution in [0.3, 0.4) is 0 Å². The van der Waals surface area contributed by atoms with Crippen LogP contribution in [0.4, 0.5) is 0 Å². The quantitative estimate of drug-likeness (QED) is 0.362. The number of benzene rings is 4. The van der Waals surface area contributed by atoms with Crippen LogP contribution in [0, 0.1) is 0 Å². The van der Waals surface area contributed by atoms with Crippen molar-refractivity contribution >= 4 is 35.8 Å². The van der Waals surface area contributed by atoms with Crippen molar-refractivity contribution in [1.29, 1.82) is 0 Å². The third-order valence-corrected chi connectivity index (χ3v) is 9.62. The summed E-state index contributed by atoms with van der Waals surface area (Å²) >= 11 is 0. The third kappa shape index (κ3) is 4.82. The predicted octanol–water partition coefficient (Wildman–Crippen LogP) is 1.99. The summed E-state index contributed by atoms with van der Waals surface area (Å²) in [6, 6.07) is 44.0. The molecule has 0 aliphatic heterocycles. The number of hydrogen-bond donors (Lipinski definition) is 3. The predicted molar refractivity (Wildman–Crippen MR) is 125 cm³/mol. The summed E-state index contributed by atoms with van der Waals surface area (Å²) in [5, 5.41) is 27.2. The molecule has 3 nitrogen and oxygen atoms in total. The zero-order valence-electron chi connectivity index (χ0n) is 16.0. The first-order chi connectivity index (χ1) is 14.2. The zero-order valence-corrected chi connectivity index (χ0v) is 17.0. The van der Waals surface area contributed by atoms with E-state index in [0.717, 1.165) is 0 Å². The van der Waals surface area contributed by atoms with Gasteiger partial charge in [-0.25, -0.2) is 0 Å². The van der Waals surface area contributed by atoms with Crippen molar-refractivity contribution in [1.82, 2.24) is 0 Å². The van der Waals surface area contributed by atoms with Crippen LogP contribution in [-0.4, -0.2) is 22.4 Å². The molecule has 0 aromatic heterocycles. The number of hydrogen-bond acceptors (Lipinski definition) is 3. The first-order valence-electron chi connectivity index (χ1n) is 9.42. The summed E-state index contributed by atoms with van der Waals surface area (Å²) in [6.45, 7) is 0. The van der Waals surface area contributed by atoms with Crippen LogP contribution < -0.4 is 21.2 Å². The fraction of sp³-hybridized carbons (Fsp3) is 0. The van der Waals surface area contributed by atoms with E-state index in [1.54, 1.807) is 0 Å². The molecule has 0 atom stereocenters. The van der Waals surface area contributed by atoms with Crippen molar-refractivity contribution < 1.29 is 15.1 Å². The van der Waals surface area contributed by atoms with Crippen molar-refractivity contribution in [2.24, 2.45) is 0 Å². The summed E-state index contributed by atoms with van der Waals surface area (Å²) in [6.07, 6.45) is 0. The first-order valence-corrected chi connectivity index (χ1v) is 11.4. The average molecular weight is 402 g/mol. The molecule has 4 rings (SSSR count). The Labute approximate surface area is 172 Å². The summed E-state index contributed by atoms with van der Waals surface area (Å²) in [4.78, 5) is 0. The summed E-state index contributed by atoms with van der Waals surface area (Å²) in [5.74, 6) is 0. The van der Waals surface area contributed by atoms with Crippen molar-refractivity contribution in [2.75, 3.05) is 0 Å². The fourth-order valence-corrected chi connectivity index (χ4v) is 8.52. The van der Waals surface area contributed by atoms with Gasteiger partial charge >= 0.3 is 157 Å².